The zero-order valence-corrected chi connectivity index (χ0v) is 14.8. The van der Waals surface area contributed by atoms with Gasteiger partial charge >= 0.3 is 0 Å². The third-order valence-corrected chi connectivity index (χ3v) is 3.75. The summed E-state index contributed by atoms with van der Waals surface area (Å²) in [6, 6.07) is 10.5. The van der Waals surface area contributed by atoms with E-state index in [9.17, 15) is 0 Å². The lowest BCUT2D eigenvalue weighted by Crippen LogP contribution is -2.27. The van der Waals surface area contributed by atoms with Crippen LogP contribution in [0, 0.1) is 6.92 Å². The van der Waals surface area contributed by atoms with Gasteiger partial charge in [0.25, 0.3) is 0 Å². The van der Waals surface area contributed by atoms with Crippen LogP contribution in [0.5, 0.6) is 0 Å². The minimum Gasteiger partial charge on any atom is -0.341 e. The summed E-state index contributed by atoms with van der Waals surface area (Å²) in [5.74, 6) is 1.68. The monoisotopic (exact) mass is 312 g/mol. The summed E-state index contributed by atoms with van der Waals surface area (Å²) in [6.45, 7) is 10.5. The highest BCUT2D eigenvalue weighted by atomic mass is 15.3. The lowest BCUT2D eigenvalue weighted by molar-refractivity contribution is 0.720. The SMILES string of the molecule is CCCN(CCC)c1nc(C)cc(Nc2ccc(CC)cc2)n1. The third-order valence-electron chi connectivity index (χ3n) is 3.75. The molecule has 0 saturated carbocycles. The zero-order valence-electron chi connectivity index (χ0n) is 14.8. The van der Waals surface area contributed by atoms with Crippen LogP contribution in [0.4, 0.5) is 17.5 Å². The molecule has 124 valence electrons. The van der Waals surface area contributed by atoms with Gasteiger partial charge in [-0.05, 0) is 43.9 Å². The van der Waals surface area contributed by atoms with Crippen LogP contribution in [-0.4, -0.2) is 23.1 Å². The Balaban J connectivity index is 2.21. The molecule has 1 heterocycles. The number of hydrogen-bond acceptors (Lipinski definition) is 4. The van der Waals surface area contributed by atoms with Gasteiger partial charge in [0, 0.05) is 30.5 Å². The van der Waals surface area contributed by atoms with Crippen molar-refractivity contribution in [2.75, 3.05) is 23.3 Å². The highest BCUT2D eigenvalue weighted by Crippen LogP contribution is 2.19. The van der Waals surface area contributed by atoms with Crippen LogP contribution >= 0.6 is 0 Å². The molecule has 1 aromatic heterocycles. The normalized spacial score (nSPS) is 10.6. The lowest BCUT2D eigenvalue weighted by atomic mass is 10.1. The molecule has 0 aliphatic heterocycles. The maximum Gasteiger partial charge on any atom is 0.227 e. The van der Waals surface area contributed by atoms with Crippen LogP contribution in [0.15, 0.2) is 30.3 Å². The summed E-state index contributed by atoms with van der Waals surface area (Å²) in [5, 5.41) is 3.40. The number of aromatic nitrogens is 2. The maximum atomic E-state index is 4.71. The Labute approximate surface area is 140 Å². The van der Waals surface area contributed by atoms with Gasteiger partial charge in [0.15, 0.2) is 0 Å². The molecule has 0 unspecified atom stereocenters. The predicted octanol–water partition coefficient (Wildman–Crippen LogP) is 4.72. The predicted molar refractivity (Wildman–Crippen MR) is 98.7 cm³/mol. The molecule has 0 spiro atoms. The quantitative estimate of drug-likeness (QED) is 0.766. The third kappa shape index (κ3) is 4.95. The molecule has 0 radical (unpaired) electrons. The molecule has 1 aromatic carbocycles. The molecule has 0 atom stereocenters. The second-order valence-corrected chi connectivity index (χ2v) is 5.86. The molecule has 4 heteroatoms. The van der Waals surface area contributed by atoms with Crippen LogP contribution < -0.4 is 10.2 Å². The molecule has 1 N–H and O–H groups in total. The van der Waals surface area contributed by atoms with Crippen molar-refractivity contribution < 1.29 is 0 Å². The maximum absolute atomic E-state index is 4.71. The zero-order chi connectivity index (χ0) is 16.7. The molecule has 0 fully saturated rings. The van der Waals surface area contributed by atoms with E-state index in [-0.39, 0.29) is 0 Å². The largest absolute Gasteiger partial charge is 0.341 e. The Bertz CT molecular complexity index is 601. The first-order chi connectivity index (χ1) is 11.2. The van der Waals surface area contributed by atoms with E-state index in [2.05, 4.69) is 60.2 Å². The van der Waals surface area contributed by atoms with Crippen molar-refractivity contribution in [2.45, 2.75) is 47.0 Å². The van der Waals surface area contributed by atoms with Gasteiger partial charge in [0.05, 0.1) is 0 Å². The van der Waals surface area contributed by atoms with Gasteiger partial charge < -0.3 is 10.2 Å². The summed E-state index contributed by atoms with van der Waals surface area (Å²) in [4.78, 5) is 11.6. The fraction of sp³-hybridized carbons (Fsp3) is 0.474. The number of nitrogens with zero attached hydrogens (tertiary/aromatic N) is 3. The molecule has 23 heavy (non-hydrogen) atoms. The van der Waals surface area contributed by atoms with Crippen LogP contribution in [0.2, 0.25) is 0 Å². The number of aryl methyl sites for hydroxylation is 2. The summed E-state index contributed by atoms with van der Waals surface area (Å²) in [6.07, 6.45) is 3.25. The number of nitrogens with one attached hydrogen (secondary N) is 1. The fourth-order valence-corrected chi connectivity index (χ4v) is 2.58. The second kappa shape index (κ2) is 8.51. The molecular formula is C19H28N4. The minimum absolute atomic E-state index is 0.821. The van der Waals surface area contributed by atoms with Crippen molar-refractivity contribution in [3.8, 4) is 0 Å². The molecular weight excluding hydrogens is 284 g/mol. The minimum atomic E-state index is 0.821. The first-order valence-electron chi connectivity index (χ1n) is 8.62. The lowest BCUT2D eigenvalue weighted by Gasteiger charge is -2.22. The Hall–Kier alpha value is -2.10. The molecule has 2 aromatic rings. The first kappa shape index (κ1) is 17.3. The molecule has 2 rings (SSSR count). The van der Waals surface area contributed by atoms with Crippen molar-refractivity contribution >= 4 is 17.5 Å². The molecule has 0 bridgehead atoms. The summed E-state index contributed by atoms with van der Waals surface area (Å²) in [7, 11) is 0. The molecule has 0 amide bonds. The van der Waals surface area contributed by atoms with Crippen molar-refractivity contribution in [3.05, 3.63) is 41.6 Å². The second-order valence-electron chi connectivity index (χ2n) is 5.86. The number of anilines is 3. The van der Waals surface area contributed by atoms with E-state index in [1.807, 2.05) is 13.0 Å². The van der Waals surface area contributed by atoms with E-state index in [4.69, 9.17) is 4.98 Å². The van der Waals surface area contributed by atoms with Gasteiger partial charge in [0.2, 0.25) is 5.95 Å². The van der Waals surface area contributed by atoms with Crippen molar-refractivity contribution in [3.63, 3.8) is 0 Å². The highest BCUT2D eigenvalue weighted by Gasteiger charge is 2.10. The topological polar surface area (TPSA) is 41.1 Å². The first-order valence-corrected chi connectivity index (χ1v) is 8.62. The van der Waals surface area contributed by atoms with Crippen molar-refractivity contribution in [1.29, 1.82) is 0 Å². The van der Waals surface area contributed by atoms with Crippen molar-refractivity contribution in [1.82, 2.24) is 9.97 Å². The Morgan fingerprint density at radius 2 is 1.61 bits per heavy atom. The summed E-state index contributed by atoms with van der Waals surface area (Å²) in [5.41, 5.74) is 3.39. The number of benzene rings is 1. The Morgan fingerprint density at radius 1 is 0.957 bits per heavy atom. The average Bonchev–Trinajstić information content (AvgIpc) is 2.55. The van der Waals surface area contributed by atoms with Gasteiger partial charge in [-0.2, -0.15) is 4.98 Å². The summed E-state index contributed by atoms with van der Waals surface area (Å²) < 4.78 is 0. The van der Waals surface area contributed by atoms with Gasteiger partial charge in [-0.3, -0.25) is 0 Å². The van der Waals surface area contributed by atoms with Gasteiger partial charge in [-0.1, -0.05) is 32.9 Å². The molecule has 4 nitrogen and oxygen atoms in total. The van der Waals surface area contributed by atoms with Gasteiger partial charge in [-0.25, -0.2) is 4.98 Å². The van der Waals surface area contributed by atoms with Gasteiger partial charge in [0.1, 0.15) is 5.82 Å². The van der Waals surface area contributed by atoms with E-state index in [0.29, 0.717) is 0 Å². The average molecular weight is 312 g/mol. The van der Waals surface area contributed by atoms with E-state index in [0.717, 1.165) is 55.5 Å². The fourth-order valence-electron chi connectivity index (χ4n) is 2.58. The molecule has 0 saturated heterocycles. The van der Waals surface area contributed by atoms with Gasteiger partial charge in [-0.15, -0.1) is 0 Å². The highest BCUT2D eigenvalue weighted by molar-refractivity contribution is 5.58. The van der Waals surface area contributed by atoms with Crippen LogP contribution in [0.3, 0.4) is 0 Å². The van der Waals surface area contributed by atoms with E-state index in [1.54, 1.807) is 0 Å². The van der Waals surface area contributed by atoms with Crippen molar-refractivity contribution in [2.24, 2.45) is 0 Å². The number of rotatable bonds is 8. The Morgan fingerprint density at radius 3 is 2.17 bits per heavy atom. The van der Waals surface area contributed by atoms with E-state index >= 15 is 0 Å². The van der Waals surface area contributed by atoms with E-state index in [1.165, 1.54) is 5.56 Å². The standard InChI is InChI=1S/C19H28N4/c1-5-12-23(13-6-2)19-20-15(4)14-18(22-19)21-17-10-8-16(7-3)9-11-17/h8-11,14H,5-7,12-13H2,1-4H3,(H,20,21,22). The smallest absolute Gasteiger partial charge is 0.227 e. The number of hydrogen-bond donors (Lipinski definition) is 1. The Kier molecular flexibility index (Phi) is 6.39. The van der Waals surface area contributed by atoms with Crippen LogP contribution in [0.25, 0.3) is 0 Å². The molecule has 0 aliphatic carbocycles. The van der Waals surface area contributed by atoms with Crippen LogP contribution in [-0.2, 0) is 6.42 Å². The summed E-state index contributed by atoms with van der Waals surface area (Å²) >= 11 is 0. The van der Waals surface area contributed by atoms with E-state index < -0.39 is 0 Å². The molecule has 0 aliphatic rings. The van der Waals surface area contributed by atoms with Crippen LogP contribution in [0.1, 0.15) is 44.9 Å².